The van der Waals surface area contributed by atoms with E-state index in [9.17, 15) is 9.59 Å². The third-order valence-electron chi connectivity index (χ3n) is 7.90. The Kier molecular flexibility index (Phi) is 5.93. The number of carbonyl (C=O) groups excluding carboxylic acids is 2. The molecule has 3 aliphatic heterocycles. The number of ether oxygens (including phenoxy) is 1. The van der Waals surface area contributed by atoms with Crippen LogP contribution in [0, 0.1) is 5.92 Å². The van der Waals surface area contributed by atoms with E-state index in [2.05, 4.69) is 4.90 Å². The van der Waals surface area contributed by atoms with Crippen molar-refractivity contribution >= 4 is 28.5 Å². The second-order valence-electron chi connectivity index (χ2n) is 10.2. The first-order valence-corrected chi connectivity index (χ1v) is 13.5. The normalized spacial score (nSPS) is 24.1. The van der Waals surface area contributed by atoms with Crippen molar-refractivity contribution in [2.24, 2.45) is 5.92 Å². The average Bonchev–Trinajstić information content (AvgIpc) is 3.61. The largest absolute Gasteiger partial charge is 0.445 e. The zero-order chi connectivity index (χ0) is 23.1. The highest BCUT2D eigenvalue weighted by atomic mass is 32.1. The molecule has 6 rings (SSSR count). The molecule has 1 aliphatic carbocycles. The number of fused-ring (bicyclic) bond motifs is 3. The SMILES string of the molecule is O=C(CC1CCCC1)N1Cc2nc(N3C4CCC3CN(C(=O)OCc3ccccc3)C4)sc2C1. The van der Waals surface area contributed by atoms with Gasteiger partial charge in [-0.1, -0.05) is 54.5 Å². The average molecular weight is 481 g/mol. The maximum Gasteiger partial charge on any atom is 0.410 e. The van der Waals surface area contributed by atoms with Crippen molar-refractivity contribution in [3.8, 4) is 0 Å². The van der Waals surface area contributed by atoms with Crippen LogP contribution in [0.1, 0.15) is 61.1 Å². The molecule has 2 aromatic rings. The Morgan fingerprint density at radius 1 is 0.971 bits per heavy atom. The number of anilines is 1. The van der Waals surface area contributed by atoms with E-state index in [1.807, 2.05) is 40.1 Å². The molecule has 2 saturated heterocycles. The molecule has 2 bridgehead atoms. The maximum atomic E-state index is 12.8. The van der Waals surface area contributed by atoms with Gasteiger partial charge in [-0.05, 0) is 37.2 Å². The van der Waals surface area contributed by atoms with Crippen LogP contribution in [0.2, 0.25) is 0 Å². The van der Waals surface area contributed by atoms with Crippen molar-refractivity contribution in [2.45, 2.75) is 76.7 Å². The molecule has 0 spiro atoms. The van der Waals surface area contributed by atoms with Gasteiger partial charge < -0.3 is 19.4 Å². The molecule has 4 aliphatic rings. The lowest BCUT2D eigenvalue weighted by Crippen LogP contribution is -2.55. The summed E-state index contributed by atoms with van der Waals surface area (Å²) in [5.74, 6) is 0.877. The Balaban J connectivity index is 1.05. The van der Waals surface area contributed by atoms with Crippen molar-refractivity contribution in [1.29, 1.82) is 0 Å². The summed E-state index contributed by atoms with van der Waals surface area (Å²) in [7, 11) is 0. The van der Waals surface area contributed by atoms with Crippen LogP contribution in [0.15, 0.2) is 30.3 Å². The summed E-state index contributed by atoms with van der Waals surface area (Å²) in [5.41, 5.74) is 2.08. The molecule has 1 saturated carbocycles. The predicted octanol–water partition coefficient (Wildman–Crippen LogP) is 4.56. The summed E-state index contributed by atoms with van der Waals surface area (Å²) < 4.78 is 5.58. The van der Waals surface area contributed by atoms with Crippen molar-refractivity contribution in [3.05, 3.63) is 46.5 Å². The number of benzene rings is 1. The highest BCUT2D eigenvalue weighted by molar-refractivity contribution is 7.15. The van der Waals surface area contributed by atoms with E-state index in [0.29, 0.717) is 51.0 Å². The zero-order valence-corrected chi connectivity index (χ0v) is 20.3. The second-order valence-corrected chi connectivity index (χ2v) is 11.3. The lowest BCUT2D eigenvalue weighted by atomic mass is 10.0. The first-order chi connectivity index (χ1) is 16.6. The smallest absolute Gasteiger partial charge is 0.410 e. The Bertz CT molecular complexity index is 1010. The highest BCUT2D eigenvalue weighted by Gasteiger charge is 2.44. The number of piperazine rings is 1. The van der Waals surface area contributed by atoms with Crippen LogP contribution >= 0.6 is 11.3 Å². The van der Waals surface area contributed by atoms with Gasteiger partial charge in [0.2, 0.25) is 5.91 Å². The summed E-state index contributed by atoms with van der Waals surface area (Å²) in [6, 6.07) is 10.4. The van der Waals surface area contributed by atoms with Crippen molar-refractivity contribution < 1.29 is 14.3 Å². The van der Waals surface area contributed by atoms with E-state index in [1.165, 1.54) is 30.6 Å². The number of hydrogen-bond donors (Lipinski definition) is 0. The fourth-order valence-electron chi connectivity index (χ4n) is 6.08. The molecular weight excluding hydrogens is 448 g/mol. The van der Waals surface area contributed by atoms with E-state index in [4.69, 9.17) is 9.72 Å². The van der Waals surface area contributed by atoms with Crippen LogP contribution in [0.25, 0.3) is 0 Å². The number of amides is 2. The van der Waals surface area contributed by atoms with Crippen LogP contribution in [-0.2, 0) is 29.2 Å². The van der Waals surface area contributed by atoms with Gasteiger partial charge in [0.1, 0.15) is 6.61 Å². The van der Waals surface area contributed by atoms with Gasteiger partial charge in [-0.15, -0.1) is 0 Å². The van der Waals surface area contributed by atoms with Gasteiger partial charge in [-0.3, -0.25) is 4.79 Å². The number of nitrogens with zero attached hydrogens (tertiary/aromatic N) is 4. The van der Waals surface area contributed by atoms with E-state index in [0.717, 1.165) is 29.2 Å². The number of likely N-dealkylation sites (tertiary alicyclic amines) is 1. The number of rotatable bonds is 5. The third-order valence-corrected chi connectivity index (χ3v) is 8.99. The molecule has 2 amide bonds. The molecule has 0 N–H and O–H groups in total. The molecule has 1 aromatic carbocycles. The Morgan fingerprint density at radius 2 is 1.71 bits per heavy atom. The first kappa shape index (κ1) is 21.9. The Labute approximate surface area is 204 Å². The molecule has 2 unspecified atom stereocenters. The van der Waals surface area contributed by atoms with Gasteiger partial charge in [-0.2, -0.15) is 0 Å². The molecule has 3 fully saturated rings. The Morgan fingerprint density at radius 3 is 2.41 bits per heavy atom. The fourth-order valence-corrected chi connectivity index (χ4v) is 7.31. The maximum absolute atomic E-state index is 12.8. The number of hydrogen-bond acceptors (Lipinski definition) is 6. The van der Waals surface area contributed by atoms with Crippen LogP contribution in [0.4, 0.5) is 9.93 Å². The quantitative estimate of drug-likeness (QED) is 0.628. The summed E-state index contributed by atoms with van der Waals surface area (Å²) in [6.07, 6.45) is 7.59. The van der Waals surface area contributed by atoms with Crippen molar-refractivity contribution in [3.63, 3.8) is 0 Å². The van der Waals surface area contributed by atoms with Crippen LogP contribution in [-0.4, -0.2) is 52.0 Å². The Hall–Kier alpha value is -2.61. The van der Waals surface area contributed by atoms with E-state index < -0.39 is 0 Å². The van der Waals surface area contributed by atoms with Gasteiger partial charge in [0.15, 0.2) is 5.13 Å². The molecule has 8 heteroatoms. The van der Waals surface area contributed by atoms with Gasteiger partial charge in [0, 0.05) is 31.6 Å². The summed E-state index contributed by atoms with van der Waals surface area (Å²) in [5, 5.41) is 1.07. The third kappa shape index (κ3) is 4.28. The topological polar surface area (TPSA) is 66.0 Å². The molecular formula is C26H32N4O3S. The van der Waals surface area contributed by atoms with Gasteiger partial charge in [-0.25, -0.2) is 9.78 Å². The summed E-state index contributed by atoms with van der Waals surface area (Å²) in [4.78, 5) is 38.0. The molecule has 4 heterocycles. The monoisotopic (exact) mass is 480 g/mol. The lowest BCUT2D eigenvalue weighted by Gasteiger charge is -2.40. The van der Waals surface area contributed by atoms with Gasteiger partial charge in [0.05, 0.1) is 23.7 Å². The van der Waals surface area contributed by atoms with Crippen LogP contribution < -0.4 is 4.90 Å². The number of carbonyl (C=O) groups is 2. The fraction of sp³-hybridized carbons (Fsp3) is 0.577. The number of thiazole rings is 1. The van der Waals surface area contributed by atoms with Crippen LogP contribution in [0.3, 0.4) is 0 Å². The van der Waals surface area contributed by atoms with Gasteiger partial charge >= 0.3 is 6.09 Å². The minimum atomic E-state index is -0.224. The highest BCUT2D eigenvalue weighted by Crippen LogP contribution is 2.41. The van der Waals surface area contributed by atoms with Gasteiger partial charge in [0.25, 0.3) is 0 Å². The number of aromatic nitrogens is 1. The minimum Gasteiger partial charge on any atom is -0.445 e. The second kappa shape index (κ2) is 9.21. The summed E-state index contributed by atoms with van der Waals surface area (Å²) >= 11 is 1.74. The predicted molar refractivity (Wildman–Crippen MR) is 130 cm³/mol. The standard InChI is InChI=1S/C26H32N4O3S/c31-24(12-18-6-4-5-7-18)28-15-22-23(16-28)34-25(27-22)30-20-10-11-21(30)14-29(13-20)26(32)33-17-19-8-2-1-3-9-19/h1-3,8-9,18,20-21H,4-7,10-17H2. The van der Waals surface area contributed by atoms with E-state index in [1.54, 1.807) is 11.3 Å². The van der Waals surface area contributed by atoms with Crippen molar-refractivity contribution in [1.82, 2.24) is 14.8 Å². The zero-order valence-electron chi connectivity index (χ0n) is 19.5. The van der Waals surface area contributed by atoms with E-state index >= 15 is 0 Å². The van der Waals surface area contributed by atoms with Crippen LogP contribution in [0.5, 0.6) is 0 Å². The molecule has 180 valence electrons. The minimum absolute atomic E-state index is 0.224. The van der Waals surface area contributed by atoms with Crippen molar-refractivity contribution in [2.75, 3.05) is 18.0 Å². The summed E-state index contributed by atoms with van der Waals surface area (Å²) in [6.45, 7) is 3.03. The first-order valence-electron chi connectivity index (χ1n) is 12.6. The molecule has 0 radical (unpaired) electrons. The van der Waals surface area contributed by atoms with E-state index in [-0.39, 0.29) is 18.2 Å². The molecule has 7 nitrogen and oxygen atoms in total. The molecule has 34 heavy (non-hydrogen) atoms. The lowest BCUT2D eigenvalue weighted by molar-refractivity contribution is -0.132. The molecule has 2 atom stereocenters. The molecule has 1 aromatic heterocycles.